The second kappa shape index (κ2) is 9.37. The molecule has 23 heavy (non-hydrogen) atoms. The van der Waals surface area contributed by atoms with Crippen LogP contribution in [0.5, 0.6) is 0 Å². The van der Waals surface area contributed by atoms with Gasteiger partial charge in [-0.25, -0.2) is 4.79 Å². The Morgan fingerprint density at radius 2 is 1.48 bits per heavy atom. The lowest BCUT2D eigenvalue weighted by Gasteiger charge is -2.26. The molecule has 0 aromatic carbocycles. The lowest BCUT2D eigenvalue weighted by atomic mass is 9.85. The topological polar surface area (TPSA) is 90.9 Å². The Hall–Kier alpha value is -1.79. The summed E-state index contributed by atoms with van der Waals surface area (Å²) in [7, 11) is 2.43. The fourth-order valence-electron chi connectivity index (χ4n) is 2.21. The molecular formula is C16H29NO6. The molecule has 0 aliphatic rings. The molecule has 0 bridgehead atoms. The molecule has 0 heterocycles. The van der Waals surface area contributed by atoms with E-state index in [2.05, 4.69) is 5.32 Å². The van der Waals surface area contributed by atoms with Gasteiger partial charge < -0.3 is 19.5 Å². The van der Waals surface area contributed by atoms with E-state index in [1.165, 1.54) is 14.2 Å². The van der Waals surface area contributed by atoms with Gasteiger partial charge >= 0.3 is 18.0 Å². The first-order chi connectivity index (χ1) is 10.5. The van der Waals surface area contributed by atoms with E-state index in [-0.39, 0.29) is 12.5 Å². The average molecular weight is 331 g/mol. The van der Waals surface area contributed by atoms with Crippen LogP contribution in [0.3, 0.4) is 0 Å². The number of nitrogens with one attached hydrogen (secondary N) is 1. The maximum Gasteiger partial charge on any atom is 0.407 e. The van der Waals surface area contributed by atoms with E-state index < -0.39 is 35.5 Å². The molecular weight excluding hydrogens is 302 g/mol. The molecule has 1 atom stereocenters. The number of methoxy groups -OCH3 is 2. The number of hydrogen-bond acceptors (Lipinski definition) is 6. The zero-order chi connectivity index (χ0) is 18.2. The Kier molecular flexibility index (Phi) is 8.64. The van der Waals surface area contributed by atoms with Crippen molar-refractivity contribution in [3.05, 3.63) is 0 Å². The zero-order valence-electron chi connectivity index (χ0n) is 15.1. The molecule has 0 aliphatic heterocycles. The highest BCUT2D eigenvalue weighted by molar-refractivity contribution is 5.95. The SMILES string of the molecule is COC(=O)C(C(=O)OC)[C@H](CNC(=O)OC(C)(C)C)CC(C)C. The number of ether oxygens (including phenoxy) is 3. The molecule has 0 rings (SSSR count). The molecule has 0 aromatic rings. The molecule has 0 unspecified atom stereocenters. The third kappa shape index (κ3) is 8.42. The minimum Gasteiger partial charge on any atom is -0.468 e. The van der Waals surface area contributed by atoms with Crippen LogP contribution in [0.4, 0.5) is 4.79 Å². The Labute approximate surface area is 138 Å². The molecule has 0 aromatic heterocycles. The van der Waals surface area contributed by atoms with E-state index in [4.69, 9.17) is 14.2 Å². The van der Waals surface area contributed by atoms with Crippen molar-refractivity contribution < 1.29 is 28.6 Å². The number of amides is 1. The second-order valence-electron chi connectivity index (χ2n) is 6.80. The van der Waals surface area contributed by atoms with E-state index >= 15 is 0 Å². The highest BCUT2D eigenvalue weighted by Gasteiger charge is 2.37. The van der Waals surface area contributed by atoms with Gasteiger partial charge in [-0.05, 0) is 33.1 Å². The molecule has 0 spiro atoms. The number of carbonyl (C=O) groups excluding carboxylic acids is 3. The predicted molar refractivity (Wildman–Crippen MR) is 84.7 cm³/mol. The van der Waals surface area contributed by atoms with Gasteiger partial charge in [0.15, 0.2) is 5.92 Å². The van der Waals surface area contributed by atoms with Gasteiger partial charge in [0.1, 0.15) is 5.60 Å². The Morgan fingerprint density at radius 3 is 1.83 bits per heavy atom. The summed E-state index contributed by atoms with van der Waals surface area (Å²) in [5.74, 6) is -2.65. The summed E-state index contributed by atoms with van der Waals surface area (Å²) < 4.78 is 14.6. The first-order valence-electron chi connectivity index (χ1n) is 7.64. The monoisotopic (exact) mass is 331 g/mol. The summed E-state index contributed by atoms with van der Waals surface area (Å²) in [5, 5.41) is 2.61. The Bertz CT molecular complexity index is 397. The average Bonchev–Trinajstić information content (AvgIpc) is 2.41. The van der Waals surface area contributed by atoms with Gasteiger partial charge in [-0.2, -0.15) is 0 Å². The van der Waals surface area contributed by atoms with Crippen LogP contribution >= 0.6 is 0 Å². The quantitative estimate of drug-likeness (QED) is 0.436. The summed E-state index contributed by atoms with van der Waals surface area (Å²) in [6.45, 7) is 9.30. The van der Waals surface area contributed by atoms with Crippen molar-refractivity contribution in [1.82, 2.24) is 5.32 Å². The van der Waals surface area contributed by atoms with Crippen LogP contribution < -0.4 is 5.32 Å². The van der Waals surface area contributed by atoms with E-state index in [1.807, 2.05) is 13.8 Å². The lowest BCUT2D eigenvalue weighted by Crippen LogP contribution is -2.42. The standard InChI is InChI=1S/C16H29NO6/c1-10(2)8-11(9-17-15(20)23-16(3,4)5)12(13(18)21-6)14(19)22-7/h10-12H,8-9H2,1-7H3,(H,17,20)/t11-/m0/s1. The first kappa shape index (κ1) is 21.2. The largest absolute Gasteiger partial charge is 0.468 e. The highest BCUT2D eigenvalue weighted by Crippen LogP contribution is 2.23. The van der Waals surface area contributed by atoms with Crippen molar-refractivity contribution in [2.75, 3.05) is 20.8 Å². The molecule has 0 radical (unpaired) electrons. The van der Waals surface area contributed by atoms with Crippen LogP contribution in [0.15, 0.2) is 0 Å². The molecule has 0 saturated carbocycles. The second-order valence-corrected chi connectivity index (χ2v) is 6.80. The maximum atomic E-state index is 11.9. The molecule has 1 amide bonds. The van der Waals surface area contributed by atoms with Gasteiger partial charge in [0.2, 0.25) is 0 Å². The molecule has 7 nitrogen and oxygen atoms in total. The summed E-state index contributed by atoms with van der Waals surface area (Å²) in [6, 6.07) is 0. The molecule has 0 aliphatic carbocycles. The van der Waals surface area contributed by atoms with E-state index in [0.29, 0.717) is 6.42 Å². The van der Waals surface area contributed by atoms with Crippen LogP contribution in [0.2, 0.25) is 0 Å². The molecule has 134 valence electrons. The van der Waals surface area contributed by atoms with Gasteiger partial charge in [0, 0.05) is 12.5 Å². The molecule has 1 N–H and O–H groups in total. The summed E-state index contributed by atoms with van der Waals surface area (Å²) in [6.07, 6.45) is -0.0512. The van der Waals surface area contributed by atoms with E-state index in [9.17, 15) is 14.4 Å². The fraction of sp³-hybridized carbons (Fsp3) is 0.812. The maximum absolute atomic E-state index is 11.9. The molecule has 0 fully saturated rings. The van der Waals surface area contributed by atoms with Crippen LogP contribution in [0.25, 0.3) is 0 Å². The van der Waals surface area contributed by atoms with Crippen molar-refractivity contribution in [2.45, 2.75) is 46.6 Å². The summed E-state index contributed by atoms with van der Waals surface area (Å²) in [4.78, 5) is 35.7. The number of hydrogen-bond donors (Lipinski definition) is 1. The predicted octanol–water partition coefficient (Wildman–Crippen LogP) is 2.14. The van der Waals surface area contributed by atoms with Crippen molar-refractivity contribution in [1.29, 1.82) is 0 Å². The van der Waals surface area contributed by atoms with Crippen molar-refractivity contribution in [3.8, 4) is 0 Å². The Morgan fingerprint density at radius 1 is 1.00 bits per heavy atom. The molecule has 0 saturated heterocycles. The third-order valence-electron chi connectivity index (χ3n) is 3.06. The van der Waals surface area contributed by atoms with Crippen LogP contribution in [-0.4, -0.2) is 44.4 Å². The zero-order valence-corrected chi connectivity index (χ0v) is 15.1. The van der Waals surface area contributed by atoms with Gasteiger partial charge in [-0.3, -0.25) is 9.59 Å². The third-order valence-corrected chi connectivity index (χ3v) is 3.06. The van der Waals surface area contributed by atoms with E-state index in [0.717, 1.165) is 0 Å². The Balaban J connectivity index is 5.06. The van der Waals surface area contributed by atoms with Crippen LogP contribution in [0, 0.1) is 17.8 Å². The minimum atomic E-state index is -1.08. The summed E-state index contributed by atoms with van der Waals surface area (Å²) in [5.41, 5.74) is -0.623. The van der Waals surface area contributed by atoms with Gasteiger partial charge in [0.05, 0.1) is 14.2 Å². The number of alkyl carbamates (subject to hydrolysis) is 1. The van der Waals surface area contributed by atoms with Crippen LogP contribution in [0.1, 0.15) is 41.0 Å². The lowest BCUT2D eigenvalue weighted by molar-refractivity contribution is -0.161. The smallest absolute Gasteiger partial charge is 0.407 e. The van der Waals surface area contributed by atoms with Gasteiger partial charge in [-0.1, -0.05) is 13.8 Å². The highest BCUT2D eigenvalue weighted by atomic mass is 16.6. The normalized spacial score (nSPS) is 12.7. The van der Waals surface area contributed by atoms with Crippen molar-refractivity contribution in [3.63, 3.8) is 0 Å². The van der Waals surface area contributed by atoms with Crippen molar-refractivity contribution >= 4 is 18.0 Å². The van der Waals surface area contributed by atoms with Gasteiger partial charge in [0.25, 0.3) is 0 Å². The van der Waals surface area contributed by atoms with Gasteiger partial charge in [-0.15, -0.1) is 0 Å². The number of rotatable bonds is 7. The molecule has 7 heteroatoms. The van der Waals surface area contributed by atoms with E-state index in [1.54, 1.807) is 20.8 Å². The fourth-order valence-corrected chi connectivity index (χ4v) is 2.21. The van der Waals surface area contributed by atoms with Crippen molar-refractivity contribution in [2.24, 2.45) is 17.8 Å². The minimum absolute atomic E-state index is 0.113. The summed E-state index contributed by atoms with van der Waals surface area (Å²) >= 11 is 0. The number of carbonyl (C=O) groups is 3. The van der Waals surface area contributed by atoms with Crippen LogP contribution in [-0.2, 0) is 23.8 Å². The number of esters is 2. The first-order valence-corrected chi connectivity index (χ1v) is 7.64.